The molecule has 0 aromatic rings. The van der Waals surface area contributed by atoms with Crippen molar-refractivity contribution in [2.75, 3.05) is 30.5 Å². The summed E-state index contributed by atoms with van der Waals surface area (Å²) in [7, 11) is 0.269. The number of hydrogen-bond acceptors (Lipinski definition) is 2. The summed E-state index contributed by atoms with van der Waals surface area (Å²) in [6.07, 6.45) is 0. The van der Waals surface area contributed by atoms with Gasteiger partial charge in [-0.25, -0.2) is 0 Å². The number of rotatable bonds is 5. The van der Waals surface area contributed by atoms with Gasteiger partial charge in [-0.15, -0.1) is 0 Å². The van der Waals surface area contributed by atoms with Crippen molar-refractivity contribution in [3.8, 4) is 0 Å². The average Bonchev–Trinajstić information content (AvgIpc) is 1.88. The van der Waals surface area contributed by atoms with Crippen LogP contribution in [0.2, 0.25) is 0 Å². The molecule has 0 aromatic carbocycles. The van der Waals surface area contributed by atoms with Crippen molar-refractivity contribution in [1.82, 2.24) is 0 Å². The lowest BCUT2D eigenvalue weighted by atomic mass is 10.9. The monoisotopic (exact) mass is 186 g/mol. The number of aliphatic hydroxyl groups excluding tert-OH is 2. The molecule has 10 heavy (non-hydrogen) atoms. The molecule has 0 spiro atoms. The molecule has 2 N–H and O–H groups in total. The van der Waals surface area contributed by atoms with E-state index in [0.717, 1.165) is 17.3 Å². The Kier molecular flexibility index (Phi) is 12.6. The third-order valence-electron chi connectivity index (χ3n) is 1.17. The zero-order valence-corrected chi connectivity index (χ0v) is 7.79. The van der Waals surface area contributed by atoms with E-state index in [1.807, 2.05) is 0 Å². The van der Waals surface area contributed by atoms with E-state index >= 15 is 0 Å². The lowest BCUT2D eigenvalue weighted by Crippen LogP contribution is -3.00. The average molecular weight is 187 g/mol. The standard InChI is InChI=1S/C6H15O2S.ClH/c1-2-9(5-3-7)6-4-8;/h7-8H,2-6H2,1H3;1H/q+1;/p-1. The van der Waals surface area contributed by atoms with Gasteiger partial charge in [0.2, 0.25) is 0 Å². The van der Waals surface area contributed by atoms with Gasteiger partial charge in [-0.2, -0.15) is 0 Å². The third-order valence-corrected chi connectivity index (χ3v) is 3.50. The molecule has 0 saturated carbocycles. The van der Waals surface area contributed by atoms with E-state index in [1.54, 1.807) is 0 Å². The molecule has 0 unspecified atom stereocenters. The summed E-state index contributed by atoms with van der Waals surface area (Å²) >= 11 is 0. The number of aliphatic hydroxyl groups is 2. The lowest BCUT2D eigenvalue weighted by molar-refractivity contribution is -0.00000428. The van der Waals surface area contributed by atoms with Gasteiger partial charge in [0.15, 0.2) is 0 Å². The predicted octanol–water partition coefficient (Wildman–Crippen LogP) is -3.39. The topological polar surface area (TPSA) is 40.5 Å². The van der Waals surface area contributed by atoms with Crippen molar-refractivity contribution in [2.45, 2.75) is 6.92 Å². The highest BCUT2D eigenvalue weighted by molar-refractivity contribution is 7.96. The van der Waals surface area contributed by atoms with Crippen LogP contribution in [0.15, 0.2) is 0 Å². The Balaban J connectivity index is 0. The Bertz CT molecular complexity index is 57.7. The van der Waals surface area contributed by atoms with Crippen LogP contribution in [-0.2, 0) is 10.9 Å². The molecule has 2 nitrogen and oxygen atoms in total. The minimum atomic E-state index is 0. The quantitative estimate of drug-likeness (QED) is 0.440. The van der Waals surface area contributed by atoms with Crippen molar-refractivity contribution in [2.24, 2.45) is 0 Å². The molecule has 0 saturated heterocycles. The molecule has 0 aliphatic heterocycles. The second kappa shape index (κ2) is 9.56. The van der Waals surface area contributed by atoms with Gasteiger partial charge < -0.3 is 22.6 Å². The molecule has 0 bridgehead atoms. The van der Waals surface area contributed by atoms with Crippen molar-refractivity contribution in [3.63, 3.8) is 0 Å². The summed E-state index contributed by atoms with van der Waals surface area (Å²) in [6, 6.07) is 0. The van der Waals surface area contributed by atoms with Crippen LogP contribution in [-0.4, -0.2) is 40.7 Å². The number of hydrogen-bond donors (Lipinski definition) is 2. The zero-order valence-electron chi connectivity index (χ0n) is 6.22. The summed E-state index contributed by atoms with van der Waals surface area (Å²) in [6.45, 7) is 2.61. The lowest BCUT2D eigenvalue weighted by Gasteiger charge is -2.00. The first-order valence-corrected chi connectivity index (χ1v) is 4.94. The summed E-state index contributed by atoms with van der Waals surface area (Å²) in [5.41, 5.74) is 0. The van der Waals surface area contributed by atoms with Crippen LogP contribution in [0.3, 0.4) is 0 Å². The largest absolute Gasteiger partial charge is 1.00 e. The third kappa shape index (κ3) is 6.68. The Morgan fingerprint density at radius 2 is 1.50 bits per heavy atom. The van der Waals surface area contributed by atoms with Gasteiger partial charge in [-0.1, -0.05) is 0 Å². The summed E-state index contributed by atoms with van der Waals surface area (Å²) < 4.78 is 0. The number of halogens is 1. The minimum Gasteiger partial charge on any atom is -1.00 e. The van der Waals surface area contributed by atoms with Crippen molar-refractivity contribution in [3.05, 3.63) is 0 Å². The highest BCUT2D eigenvalue weighted by Crippen LogP contribution is 1.93. The summed E-state index contributed by atoms with van der Waals surface area (Å²) in [5, 5.41) is 17.0. The fourth-order valence-corrected chi connectivity index (χ4v) is 1.95. The van der Waals surface area contributed by atoms with Gasteiger partial charge >= 0.3 is 0 Å². The van der Waals surface area contributed by atoms with Crippen molar-refractivity contribution >= 4 is 10.9 Å². The first-order chi connectivity index (χ1) is 4.35. The molecule has 4 heteroatoms. The smallest absolute Gasteiger partial charge is 0.131 e. The van der Waals surface area contributed by atoms with E-state index in [4.69, 9.17) is 10.2 Å². The van der Waals surface area contributed by atoms with Crippen LogP contribution in [0.25, 0.3) is 0 Å². The highest BCUT2D eigenvalue weighted by atomic mass is 35.5. The van der Waals surface area contributed by atoms with E-state index < -0.39 is 0 Å². The van der Waals surface area contributed by atoms with Crippen LogP contribution in [0.4, 0.5) is 0 Å². The van der Waals surface area contributed by atoms with Crippen LogP contribution >= 0.6 is 0 Å². The molecule has 0 aromatic heterocycles. The van der Waals surface area contributed by atoms with Crippen LogP contribution in [0.5, 0.6) is 0 Å². The zero-order chi connectivity index (χ0) is 7.11. The second-order valence-corrected chi connectivity index (χ2v) is 4.38. The molecule has 0 atom stereocenters. The van der Waals surface area contributed by atoms with E-state index in [1.165, 1.54) is 0 Å². The normalized spacial score (nSPS) is 9.60. The Morgan fingerprint density at radius 3 is 1.70 bits per heavy atom. The maximum absolute atomic E-state index is 8.52. The molecule has 0 fully saturated rings. The summed E-state index contributed by atoms with van der Waals surface area (Å²) in [4.78, 5) is 0. The Labute approximate surface area is 71.4 Å². The molecule has 0 heterocycles. The fourth-order valence-electron chi connectivity index (χ4n) is 0.649. The minimum absolute atomic E-state index is 0. The van der Waals surface area contributed by atoms with Crippen LogP contribution in [0.1, 0.15) is 6.92 Å². The fraction of sp³-hybridized carbons (Fsp3) is 1.00. The molecule has 0 aliphatic carbocycles. The van der Waals surface area contributed by atoms with Gasteiger partial charge in [0, 0.05) is 0 Å². The van der Waals surface area contributed by atoms with Crippen molar-refractivity contribution in [1.29, 1.82) is 0 Å². The Hall–Kier alpha value is 0.560. The highest BCUT2D eigenvalue weighted by Gasteiger charge is 2.11. The van der Waals surface area contributed by atoms with Gasteiger partial charge in [0.1, 0.15) is 17.3 Å². The molecule has 64 valence electrons. The maximum Gasteiger partial charge on any atom is 0.131 e. The Morgan fingerprint density at radius 1 is 1.10 bits per heavy atom. The molecule has 0 aliphatic rings. The van der Waals surface area contributed by atoms with Crippen LogP contribution < -0.4 is 12.4 Å². The molecule has 0 amide bonds. The van der Waals surface area contributed by atoms with E-state index in [0.29, 0.717) is 0 Å². The molecular weight excluding hydrogens is 172 g/mol. The van der Waals surface area contributed by atoms with Crippen LogP contribution in [0, 0.1) is 0 Å². The van der Waals surface area contributed by atoms with E-state index in [2.05, 4.69) is 6.92 Å². The first-order valence-electron chi connectivity index (χ1n) is 3.21. The van der Waals surface area contributed by atoms with Gasteiger partial charge in [0.05, 0.1) is 13.2 Å². The second-order valence-electron chi connectivity index (χ2n) is 1.76. The molecule has 0 rings (SSSR count). The predicted molar refractivity (Wildman–Crippen MR) is 41.8 cm³/mol. The maximum atomic E-state index is 8.52. The molecule has 0 radical (unpaired) electrons. The van der Waals surface area contributed by atoms with Crippen molar-refractivity contribution < 1.29 is 22.6 Å². The molecular formula is C6H15ClO2S. The SMILES string of the molecule is CC[S+](CCO)CCO.[Cl-]. The summed E-state index contributed by atoms with van der Waals surface area (Å²) in [5.74, 6) is 2.80. The van der Waals surface area contributed by atoms with Gasteiger partial charge in [-0.3, -0.25) is 0 Å². The van der Waals surface area contributed by atoms with Gasteiger partial charge in [-0.05, 0) is 17.8 Å². The van der Waals surface area contributed by atoms with E-state index in [-0.39, 0.29) is 36.5 Å². The first kappa shape index (κ1) is 13.2. The van der Waals surface area contributed by atoms with E-state index in [9.17, 15) is 0 Å². The van der Waals surface area contributed by atoms with Gasteiger partial charge in [0.25, 0.3) is 0 Å².